The Kier molecular flexibility index (Phi) is 3.31. The fourth-order valence-electron chi connectivity index (χ4n) is 3.53. The predicted octanol–water partition coefficient (Wildman–Crippen LogP) is 4.39. The minimum atomic E-state index is 0.602. The Bertz CT molecular complexity index is 1010. The van der Waals surface area contributed by atoms with Crippen LogP contribution in [0.15, 0.2) is 30.3 Å². The van der Waals surface area contributed by atoms with Gasteiger partial charge in [-0.15, -0.1) is 0 Å². The van der Waals surface area contributed by atoms with Crippen molar-refractivity contribution in [1.29, 1.82) is 5.26 Å². The maximum absolute atomic E-state index is 9.70. The molecule has 0 aliphatic heterocycles. The molecule has 1 saturated carbocycles. The van der Waals surface area contributed by atoms with E-state index in [-0.39, 0.29) is 0 Å². The van der Waals surface area contributed by atoms with Crippen molar-refractivity contribution in [3.63, 3.8) is 0 Å². The van der Waals surface area contributed by atoms with E-state index in [0.717, 1.165) is 22.4 Å². The number of nitriles is 1. The molecule has 0 N–H and O–H groups in total. The first-order valence-electron chi connectivity index (χ1n) is 8.32. The summed E-state index contributed by atoms with van der Waals surface area (Å²) < 4.78 is 4.39. The fourth-order valence-corrected chi connectivity index (χ4v) is 3.53. The van der Waals surface area contributed by atoms with E-state index >= 15 is 0 Å². The highest BCUT2D eigenvalue weighted by molar-refractivity contribution is 5.91. The Morgan fingerprint density at radius 3 is 2.71 bits per heavy atom. The Labute approximate surface area is 141 Å². The molecule has 1 fully saturated rings. The molecule has 3 aromatic rings. The number of aromatic nitrogens is 3. The third-order valence-electron chi connectivity index (χ3n) is 4.88. The Hall–Kier alpha value is -2.80. The number of aryl methyl sites for hydroxylation is 2. The summed E-state index contributed by atoms with van der Waals surface area (Å²) in [6.45, 7) is 4.28. The lowest BCUT2D eigenvalue weighted by Gasteiger charge is -2.07. The van der Waals surface area contributed by atoms with Crippen LogP contribution < -0.4 is 0 Å². The summed E-state index contributed by atoms with van der Waals surface area (Å²) in [4.78, 5) is 4.65. The second kappa shape index (κ2) is 5.38. The molecule has 0 unspecified atom stereocenters. The molecule has 0 atom stereocenters. The van der Waals surface area contributed by atoms with Crippen LogP contribution in [0.4, 0.5) is 0 Å². The van der Waals surface area contributed by atoms with Gasteiger partial charge in [0.1, 0.15) is 6.07 Å². The normalized spacial score (nSPS) is 15.0. The van der Waals surface area contributed by atoms with Crippen molar-refractivity contribution in [3.8, 4) is 6.07 Å². The molecule has 0 spiro atoms. The van der Waals surface area contributed by atoms with Gasteiger partial charge in [0.15, 0.2) is 5.82 Å². The number of hydrogen-bond donors (Lipinski definition) is 0. The van der Waals surface area contributed by atoms with Gasteiger partial charge in [-0.1, -0.05) is 12.1 Å². The third kappa shape index (κ3) is 2.25. The van der Waals surface area contributed by atoms with Crippen LogP contribution in [0.3, 0.4) is 0 Å². The maximum Gasteiger partial charge on any atom is 0.151 e. The number of nitrogens with zero attached hydrogens (tertiary/aromatic N) is 4. The van der Waals surface area contributed by atoms with E-state index in [1.54, 1.807) is 0 Å². The van der Waals surface area contributed by atoms with E-state index < -0.39 is 0 Å². The van der Waals surface area contributed by atoms with Crippen LogP contribution in [0, 0.1) is 25.2 Å². The average Bonchev–Trinajstić information content (AvgIpc) is 3.30. The maximum atomic E-state index is 9.70. The second-order valence-corrected chi connectivity index (χ2v) is 6.58. The van der Waals surface area contributed by atoms with E-state index in [0.29, 0.717) is 11.6 Å². The molecule has 4 nitrogen and oxygen atoms in total. The van der Waals surface area contributed by atoms with Crippen LogP contribution in [0.25, 0.3) is 22.7 Å². The number of para-hydroxylation sites is 2. The molecule has 1 aliphatic rings. The van der Waals surface area contributed by atoms with Crippen LogP contribution in [-0.2, 0) is 7.05 Å². The number of fused-ring (bicyclic) bond motifs is 1. The van der Waals surface area contributed by atoms with E-state index in [9.17, 15) is 5.26 Å². The summed E-state index contributed by atoms with van der Waals surface area (Å²) >= 11 is 0. The molecule has 2 aromatic heterocycles. The second-order valence-electron chi connectivity index (χ2n) is 6.58. The lowest BCUT2D eigenvalue weighted by atomic mass is 10.1. The standard InChI is InChI=1S/C20H20N4/c1-13-10-15(14(2)24(13)17-8-9-17)11-16(12-21)20-22-18-6-4-5-7-19(18)23(20)3/h4-7,10-11,17H,8-9H2,1-3H3/b16-11-. The molecular weight excluding hydrogens is 296 g/mol. The van der Waals surface area contributed by atoms with Crippen molar-refractivity contribution in [3.05, 3.63) is 53.1 Å². The first-order valence-corrected chi connectivity index (χ1v) is 8.32. The van der Waals surface area contributed by atoms with Gasteiger partial charge in [-0.25, -0.2) is 4.98 Å². The molecule has 0 radical (unpaired) electrons. The van der Waals surface area contributed by atoms with Gasteiger partial charge in [-0.3, -0.25) is 0 Å². The van der Waals surface area contributed by atoms with Crippen molar-refractivity contribution in [1.82, 2.24) is 14.1 Å². The number of imidazole rings is 1. The first kappa shape index (κ1) is 14.8. The van der Waals surface area contributed by atoms with Crippen molar-refractivity contribution < 1.29 is 0 Å². The van der Waals surface area contributed by atoms with E-state index in [1.165, 1.54) is 24.2 Å². The van der Waals surface area contributed by atoms with Crippen molar-refractivity contribution in [2.24, 2.45) is 7.05 Å². The highest BCUT2D eigenvalue weighted by Gasteiger charge is 2.26. The topological polar surface area (TPSA) is 46.5 Å². The fraction of sp³-hybridized carbons (Fsp3) is 0.300. The largest absolute Gasteiger partial charge is 0.346 e. The van der Waals surface area contributed by atoms with Gasteiger partial charge >= 0.3 is 0 Å². The molecular formula is C20H20N4. The van der Waals surface area contributed by atoms with Crippen LogP contribution in [0.1, 0.15) is 41.7 Å². The van der Waals surface area contributed by atoms with Gasteiger partial charge in [-0.05, 0) is 56.5 Å². The van der Waals surface area contributed by atoms with Crippen LogP contribution in [0.2, 0.25) is 0 Å². The van der Waals surface area contributed by atoms with E-state index in [4.69, 9.17) is 0 Å². The highest BCUT2D eigenvalue weighted by atomic mass is 15.1. The summed E-state index contributed by atoms with van der Waals surface area (Å²) in [6, 6.07) is 13.1. The van der Waals surface area contributed by atoms with Gasteiger partial charge in [0.25, 0.3) is 0 Å². The minimum Gasteiger partial charge on any atom is -0.346 e. The Morgan fingerprint density at radius 1 is 1.29 bits per heavy atom. The molecule has 4 heteroatoms. The molecule has 0 saturated heterocycles. The lowest BCUT2D eigenvalue weighted by Crippen LogP contribution is -1.99. The monoisotopic (exact) mass is 316 g/mol. The SMILES string of the molecule is Cc1cc(/C=C(/C#N)c2nc3ccccc3n2C)c(C)n1C1CC1. The summed E-state index contributed by atoms with van der Waals surface area (Å²) in [5.74, 6) is 0.718. The molecule has 1 aliphatic carbocycles. The average molecular weight is 316 g/mol. The number of benzene rings is 1. The summed E-state index contributed by atoms with van der Waals surface area (Å²) in [7, 11) is 1.96. The smallest absolute Gasteiger partial charge is 0.151 e. The zero-order valence-electron chi connectivity index (χ0n) is 14.2. The zero-order valence-corrected chi connectivity index (χ0v) is 14.2. The lowest BCUT2D eigenvalue weighted by molar-refractivity contribution is 0.699. The Balaban J connectivity index is 1.84. The minimum absolute atomic E-state index is 0.602. The van der Waals surface area contributed by atoms with Crippen molar-refractivity contribution in [2.45, 2.75) is 32.7 Å². The first-order chi connectivity index (χ1) is 11.6. The molecule has 0 amide bonds. The van der Waals surface area contributed by atoms with Crippen LogP contribution >= 0.6 is 0 Å². The molecule has 1 aromatic carbocycles. The molecule has 120 valence electrons. The molecule has 24 heavy (non-hydrogen) atoms. The van der Waals surface area contributed by atoms with Gasteiger partial charge in [0, 0.05) is 24.5 Å². The van der Waals surface area contributed by atoms with Gasteiger partial charge in [-0.2, -0.15) is 5.26 Å². The highest BCUT2D eigenvalue weighted by Crippen LogP contribution is 2.39. The molecule has 0 bridgehead atoms. The van der Waals surface area contributed by atoms with Crippen LogP contribution in [0.5, 0.6) is 0 Å². The zero-order chi connectivity index (χ0) is 16.8. The number of rotatable bonds is 3. The van der Waals surface area contributed by atoms with Crippen molar-refractivity contribution >= 4 is 22.7 Å². The quantitative estimate of drug-likeness (QED) is 0.673. The van der Waals surface area contributed by atoms with Gasteiger partial charge < -0.3 is 9.13 Å². The summed E-state index contributed by atoms with van der Waals surface area (Å²) in [5, 5.41) is 9.70. The third-order valence-corrected chi connectivity index (χ3v) is 4.88. The van der Waals surface area contributed by atoms with Gasteiger partial charge in [0.05, 0.1) is 16.6 Å². The molecule has 4 rings (SSSR count). The van der Waals surface area contributed by atoms with E-state index in [1.807, 2.05) is 42.0 Å². The van der Waals surface area contributed by atoms with Crippen molar-refractivity contribution in [2.75, 3.05) is 0 Å². The summed E-state index contributed by atoms with van der Waals surface area (Å²) in [5.41, 5.74) is 6.18. The molecule has 2 heterocycles. The number of hydrogen-bond acceptors (Lipinski definition) is 2. The predicted molar refractivity (Wildman–Crippen MR) is 96.4 cm³/mol. The van der Waals surface area contributed by atoms with E-state index in [2.05, 4.69) is 35.5 Å². The number of allylic oxidation sites excluding steroid dienone is 1. The van der Waals surface area contributed by atoms with Crippen LogP contribution in [-0.4, -0.2) is 14.1 Å². The Morgan fingerprint density at radius 2 is 2.04 bits per heavy atom. The van der Waals surface area contributed by atoms with Gasteiger partial charge in [0.2, 0.25) is 0 Å². The summed E-state index contributed by atoms with van der Waals surface area (Å²) in [6.07, 6.45) is 4.49.